The van der Waals surface area contributed by atoms with Crippen LogP contribution >= 0.6 is 11.3 Å². The quantitative estimate of drug-likeness (QED) is 0.426. The summed E-state index contributed by atoms with van der Waals surface area (Å²) in [6.07, 6.45) is 6.21. The molecular weight excluding hydrogens is 496 g/mol. The van der Waals surface area contributed by atoms with E-state index in [9.17, 15) is 18.0 Å². The minimum Gasteiger partial charge on any atom is -0.365 e. The lowest BCUT2D eigenvalue weighted by molar-refractivity contribution is 0.0999. The molecule has 5 N–H and O–H groups in total. The molecule has 2 amide bonds. The Hall–Kier alpha value is -2.27. The number of sulfonamides is 1. The molecule has 1 aromatic heterocycles. The molecule has 0 spiro atoms. The molecule has 0 bridgehead atoms. The summed E-state index contributed by atoms with van der Waals surface area (Å²) in [5, 5.41) is 6.84. The number of amides is 2. The molecular formula is C26H36N4O4S2. The number of carbonyl (C=O) groups excluding carboxylic acids is 2. The van der Waals surface area contributed by atoms with E-state index in [1.807, 2.05) is 13.8 Å². The maximum absolute atomic E-state index is 13.0. The number of hydrogen-bond acceptors (Lipinski definition) is 6. The molecule has 1 aliphatic carbocycles. The van der Waals surface area contributed by atoms with Crippen molar-refractivity contribution in [3.8, 4) is 0 Å². The summed E-state index contributed by atoms with van der Waals surface area (Å²) in [7, 11) is -3.65. The van der Waals surface area contributed by atoms with E-state index in [4.69, 9.17) is 5.73 Å². The molecule has 2 aliphatic rings. The molecule has 2 aromatic rings. The van der Waals surface area contributed by atoms with Gasteiger partial charge in [-0.05, 0) is 82.7 Å². The van der Waals surface area contributed by atoms with Crippen molar-refractivity contribution in [2.45, 2.75) is 82.2 Å². The van der Waals surface area contributed by atoms with Gasteiger partial charge in [0, 0.05) is 28.1 Å². The average molecular weight is 533 g/mol. The van der Waals surface area contributed by atoms with Crippen LogP contribution in [0.3, 0.4) is 0 Å². The monoisotopic (exact) mass is 532 g/mol. The van der Waals surface area contributed by atoms with E-state index >= 15 is 0 Å². The number of rotatable bonds is 7. The Labute approximate surface area is 217 Å². The zero-order valence-corrected chi connectivity index (χ0v) is 23.0. The van der Waals surface area contributed by atoms with Crippen LogP contribution in [0.1, 0.15) is 91.0 Å². The van der Waals surface area contributed by atoms with Crippen LogP contribution in [0.2, 0.25) is 0 Å². The normalized spacial score (nSPS) is 19.4. The maximum atomic E-state index is 13.0. The Balaban J connectivity index is 1.51. The van der Waals surface area contributed by atoms with E-state index in [0.29, 0.717) is 35.0 Å². The summed E-state index contributed by atoms with van der Waals surface area (Å²) in [4.78, 5) is 26.5. The van der Waals surface area contributed by atoms with Gasteiger partial charge in [0.05, 0.1) is 10.5 Å². The highest BCUT2D eigenvalue weighted by Crippen LogP contribution is 2.45. The van der Waals surface area contributed by atoms with E-state index in [2.05, 4.69) is 29.2 Å². The highest BCUT2D eigenvalue weighted by Gasteiger charge is 2.41. The molecule has 0 unspecified atom stereocenters. The van der Waals surface area contributed by atoms with Gasteiger partial charge >= 0.3 is 0 Å². The van der Waals surface area contributed by atoms with Gasteiger partial charge in [0.1, 0.15) is 5.00 Å². The minimum atomic E-state index is -3.65. The Morgan fingerprint density at radius 2 is 1.72 bits per heavy atom. The summed E-state index contributed by atoms with van der Waals surface area (Å²) in [6.45, 7) is 8.66. The molecule has 1 fully saturated rings. The highest BCUT2D eigenvalue weighted by atomic mass is 32.2. The van der Waals surface area contributed by atoms with Gasteiger partial charge < -0.3 is 16.4 Å². The Kier molecular flexibility index (Phi) is 7.36. The summed E-state index contributed by atoms with van der Waals surface area (Å²) >= 11 is 1.35. The predicted molar refractivity (Wildman–Crippen MR) is 143 cm³/mol. The van der Waals surface area contributed by atoms with Crippen LogP contribution < -0.4 is 21.1 Å². The van der Waals surface area contributed by atoms with Gasteiger partial charge in [-0.1, -0.05) is 19.3 Å². The van der Waals surface area contributed by atoms with Crippen LogP contribution in [0.4, 0.5) is 5.00 Å². The van der Waals surface area contributed by atoms with E-state index in [-0.39, 0.29) is 10.4 Å². The smallest absolute Gasteiger partial charge is 0.256 e. The lowest BCUT2D eigenvalue weighted by Crippen LogP contribution is -2.55. The number of nitrogens with two attached hydrogens (primary N) is 1. The van der Waals surface area contributed by atoms with Gasteiger partial charge in [0.25, 0.3) is 11.8 Å². The van der Waals surface area contributed by atoms with Gasteiger partial charge in [-0.25, -0.2) is 13.1 Å². The molecule has 0 saturated heterocycles. The number of anilines is 1. The molecule has 2 heterocycles. The largest absolute Gasteiger partial charge is 0.365 e. The fraction of sp³-hybridized carbons (Fsp3) is 0.538. The van der Waals surface area contributed by atoms with Gasteiger partial charge in [-0.2, -0.15) is 0 Å². The number of benzene rings is 1. The second kappa shape index (κ2) is 9.89. The molecule has 8 nitrogen and oxygen atoms in total. The fourth-order valence-electron chi connectivity index (χ4n) is 5.54. The first-order valence-electron chi connectivity index (χ1n) is 12.5. The van der Waals surface area contributed by atoms with Gasteiger partial charge in [0.15, 0.2) is 0 Å². The van der Waals surface area contributed by atoms with Crippen molar-refractivity contribution in [2.75, 3.05) is 11.9 Å². The third-order valence-electron chi connectivity index (χ3n) is 7.03. The van der Waals surface area contributed by atoms with E-state index in [1.165, 1.54) is 42.0 Å². The van der Waals surface area contributed by atoms with Gasteiger partial charge in [-0.3, -0.25) is 9.59 Å². The molecule has 1 saturated carbocycles. The molecule has 0 radical (unpaired) electrons. The molecule has 1 aromatic carbocycles. The van der Waals surface area contributed by atoms with Crippen LogP contribution in [-0.2, 0) is 22.0 Å². The topological polar surface area (TPSA) is 130 Å². The lowest BCUT2D eigenvalue weighted by atomic mass is 9.81. The molecule has 196 valence electrons. The van der Waals surface area contributed by atoms with Crippen LogP contribution in [-0.4, -0.2) is 32.3 Å². The third-order valence-corrected chi connectivity index (χ3v) is 9.94. The first-order chi connectivity index (χ1) is 16.8. The maximum Gasteiger partial charge on any atom is 0.256 e. The lowest BCUT2D eigenvalue weighted by Gasteiger charge is -2.42. The van der Waals surface area contributed by atoms with Crippen molar-refractivity contribution in [2.24, 2.45) is 11.7 Å². The summed E-state index contributed by atoms with van der Waals surface area (Å²) < 4.78 is 28.2. The average Bonchev–Trinajstić information content (AvgIpc) is 3.16. The zero-order chi connectivity index (χ0) is 26.3. The minimum absolute atomic E-state index is 0.120. The third kappa shape index (κ3) is 5.66. The van der Waals surface area contributed by atoms with Crippen LogP contribution in [0, 0.1) is 5.92 Å². The second-order valence-corrected chi connectivity index (χ2v) is 13.9. The SMILES string of the molecule is CC1(C)Cc2c(sc(NC(=O)c3ccc(S(=O)(=O)NCC4CCCCC4)cc3)c2C(N)=O)C(C)(C)N1. The van der Waals surface area contributed by atoms with Crippen molar-refractivity contribution < 1.29 is 18.0 Å². The van der Waals surface area contributed by atoms with Crippen molar-refractivity contribution in [3.05, 3.63) is 45.8 Å². The van der Waals surface area contributed by atoms with Gasteiger partial charge in [0.2, 0.25) is 10.0 Å². The van der Waals surface area contributed by atoms with Crippen molar-refractivity contribution in [3.63, 3.8) is 0 Å². The number of carbonyl (C=O) groups is 2. The molecule has 1 aliphatic heterocycles. The molecule has 10 heteroatoms. The van der Waals surface area contributed by atoms with Crippen molar-refractivity contribution >= 4 is 38.2 Å². The summed E-state index contributed by atoms with van der Waals surface area (Å²) in [5.41, 5.74) is 6.61. The van der Waals surface area contributed by atoms with E-state index in [1.54, 1.807) is 0 Å². The van der Waals surface area contributed by atoms with Gasteiger partial charge in [-0.15, -0.1) is 11.3 Å². The molecule has 36 heavy (non-hydrogen) atoms. The number of thiophene rings is 1. The number of nitrogens with one attached hydrogen (secondary N) is 3. The van der Waals surface area contributed by atoms with E-state index < -0.39 is 27.4 Å². The van der Waals surface area contributed by atoms with Crippen LogP contribution in [0.15, 0.2) is 29.2 Å². The van der Waals surface area contributed by atoms with Crippen LogP contribution in [0.25, 0.3) is 0 Å². The Morgan fingerprint density at radius 3 is 2.33 bits per heavy atom. The number of fused-ring (bicyclic) bond motifs is 1. The second-order valence-electron chi connectivity index (χ2n) is 11.1. The Bertz CT molecular complexity index is 1260. The van der Waals surface area contributed by atoms with Crippen molar-refractivity contribution in [1.29, 1.82) is 0 Å². The summed E-state index contributed by atoms with van der Waals surface area (Å²) in [5.74, 6) is -0.637. The van der Waals surface area contributed by atoms with Crippen LogP contribution in [0.5, 0.6) is 0 Å². The van der Waals surface area contributed by atoms with Crippen molar-refractivity contribution in [1.82, 2.24) is 10.0 Å². The van der Waals surface area contributed by atoms with E-state index in [0.717, 1.165) is 36.1 Å². The first-order valence-corrected chi connectivity index (χ1v) is 14.8. The zero-order valence-electron chi connectivity index (χ0n) is 21.4. The molecule has 0 atom stereocenters. The fourth-order valence-corrected chi connectivity index (χ4v) is 7.93. The predicted octanol–water partition coefficient (Wildman–Crippen LogP) is 4.12. The number of primary amides is 1. The standard InChI is InChI=1S/C26H36N4O4S2/c1-25(2)14-19-20(22(27)31)24(35-21(19)26(3,4)30-25)29-23(32)17-10-12-18(13-11-17)36(33,34)28-15-16-8-6-5-7-9-16/h10-13,16,28,30H,5-9,14-15H2,1-4H3,(H2,27,31)(H,29,32). The Morgan fingerprint density at radius 1 is 1.08 bits per heavy atom. The summed E-state index contributed by atoms with van der Waals surface area (Å²) in [6, 6.07) is 5.83. The molecule has 4 rings (SSSR count). The first kappa shape index (κ1) is 26.8. The number of hydrogen-bond donors (Lipinski definition) is 4. The highest BCUT2D eigenvalue weighted by molar-refractivity contribution is 7.89.